The van der Waals surface area contributed by atoms with Crippen molar-refractivity contribution < 1.29 is 13.8 Å². The minimum absolute atomic E-state index is 0.405. The Morgan fingerprint density at radius 3 is 1.43 bits per heavy atom. The van der Waals surface area contributed by atoms with Crippen LogP contribution in [0.3, 0.4) is 0 Å². The molecule has 2 aromatic carbocycles. The maximum Gasteiger partial charge on any atom is 0.193 e. The molecule has 0 aromatic heterocycles. The third-order valence-electron chi connectivity index (χ3n) is 5.95. The summed E-state index contributed by atoms with van der Waals surface area (Å²) in [5.41, 5.74) is 2.09. The number of hydrogen-bond donors (Lipinski definition) is 0. The molecule has 2 aromatic rings. The van der Waals surface area contributed by atoms with E-state index in [0.717, 1.165) is 83.8 Å². The van der Waals surface area contributed by atoms with E-state index in [1.807, 2.05) is 50.2 Å². The molecule has 0 saturated carbocycles. The second-order valence-corrected chi connectivity index (χ2v) is 13.6. The molecule has 35 heavy (non-hydrogen) atoms. The number of alkyl halides is 2. The highest BCUT2D eigenvalue weighted by Crippen LogP contribution is 2.35. The van der Waals surface area contributed by atoms with E-state index < -0.39 is 31.8 Å². The van der Waals surface area contributed by atoms with E-state index >= 15 is 0 Å². The lowest BCUT2D eigenvalue weighted by molar-refractivity contribution is 0.465. The largest absolute Gasteiger partial charge is 0.610 e. The van der Waals surface area contributed by atoms with Gasteiger partial charge in [0.25, 0.3) is 0 Å². The molecule has 0 N–H and O–H groups in total. The summed E-state index contributed by atoms with van der Waals surface area (Å²) in [6.07, 6.45) is 9.57. The molecule has 0 spiro atoms. The monoisotopic (exact) mass is 558 g/mol. The average Bonchev–Trinajstić information content (AvgIpc) is 2.88. The number of rotatable bonds is 16. The smallest absolute Gasteiger partial charge is 0.193 e. The van der Waals surface area contributed by atoms with E-state index in [1.54, 1.807) is 0 Å². The number of ether oxygens (including phenoxy) is 1. The van der Waals surface area contributed by atoms with Gasteiger partial charge < -0.3 is 13.8 Å². The van der Waals surface area contributed by atoms with E-state index in [1.165, 1.54) is 0 Å². The van der Waals surface area contributed by atoms with Gasteiger partial charge in [0.2, 0.25) is 0 Å². The molecule has 7 heteroatoms. The van der Waals surface area contributed by atoms with Crippen LogP contribution in [-0.2, 0) is 35.2 Å². The van der Waals surface area contributed by atoms with Crippen LogP contribution in [0.1, 0.15) is 90.2 Å². The van der Waals surface area contributed by atoms with E-state index in [0.29, 0.717) is 12.8 Å². The second-order valence-electron chi connectivity index (χ2n) is 8.79. The molecule has 196 valence electrons. The first-order chi connectivity index (χ1) is 16.9. The Morgan fingerprint density at radius 1 is 0.686 bits per heavy atom. The fourth-order valence-corrected chi connectivity index (χ4v) is 6.53. The van der Waals surface area contributed by atoms with Crippen molar-refractivity contribution in [3.8, 4) is 11.5 Å². The third-order valence-corrected chi connectivity index (χ3v) is 10.6. The van der Waals surface area contributed by atoms with Gasteiger partial charge >= 0.3 is 0 Å². The van der Waals surface area contributed by atoms with E-state index in [2.05, 4.69) is 13.8 Å². The Kier molecular flexibility index (Phi) is 14.3. The maximum atomic E-state index is 12.8. The van der Waals surface area contributed by atoms with Crippen molar-refractivity contribution in [3.63, 3.8) is 0 Å². The first-order valence-electron chi connectivity index (χ1n) is 12.9. The molecule has 0 heterocycles. The van der Waals surface area contributed by atoms with Crippen molar-refractivity contribution in [2.24, 2.45) is 0 Å². The molecule has 3 nitrogen and oxygen atoms in total. The Morgan fingerprint density at radius 2 is 1.09 bits per heavy atom. The summed E-state index contributed by atoms with van der Waals surface area (Å²) < 4.78 is 31.3. The van der Waals surface area contributed by atoms with Crippen molar-refractivity contribution in [2.45, 2.75) is 111 Å². The zero-order chi connectivity index (χ0) is 25.8. The maximum absolute atomic E-state index is 12.8. The lowest BCUT2D eigenvalue weighted by atomic mass is 10.0. The lowest BCUT2D eigenvalue weighted by Gasteiger charge is -2.19. The quantitative estimate of drug-likeness (QED) is 0.117. The highest BCUT2D eigenvalue weighted by Gasteiger charge is 2.24. The van der Waals surface area contributed by atoms with Crippen molar-refractivity contribution in [2.75, 3.05) is 0 Å². The van der Waals surface area contributed by atoms with Gasteiger partial charge in [-0.3, -0.25) is 0 Å². The van der Waals surface area contributed by atoms with Crippen LogP contribution >= 0.6 is 23.2 Å². The summed E-state index contributed by atoms with van der Waals surface area (Å²) >= 11 is 10.1. The Balaban J connectivity index is 2.40. The van der Waals surface area contributed by atoms with Crippen molar-refractivity contribution >= 4 is 45.6 Å². The summed E-state index contributed by atoms with van der Waals surface area (Å²) in [4.78, 5) is 1.49. The number of hydrogen-bond acceptors (Lipinski definition) is 3. The molecular formula is C28H40Cl2O3S2. The van der Waals surface area contributed by atoms with Crippen molar-refractivity contribution in [1.29, 1.82) is 0 Å². The molecule has 4 atom stereocenters. The fourth-order valence-electron chi connectivity index (χ4n) is 3.80. The zero-order valence-electron chi connectivity index (χ0n) is 21.5. The van der Waals surface area contributed by atoms with Crippen LogP contribution in [0.5, 0.6) is 11.5 Å². The van der Waals surface area contributed by atoms with E-state index in [-0.39, 0.29) is 0 Å². The van der Waals surface area contributed by atoms with Crippen LogP contribution < -0.4 is 4.74 Å². The Bertz CT molecular complexity index is 825. The predicted molar refractivity (Wildman–Crippen MR) is 152 cm³/mol. The fraction of sp³-hybridized carbons (Fsp3) is 0.571. The number of unbranched alkanes of at least 4 members (excludes halogenated alkanes) is 4. The first-order valence-corrected chi connectivity index (χ1v) is 16.2. The molecule has 0 aliphatic heterocycles. The standard InChI is InChI=1S/C28H40Cl2O3S2/c1-5-9-11-13-21-19-23(34(31)27(29)7-3)15-17-25(21)33-26-18-16-24(35(32)28(30)8-4)20-22(26)14-12-10-6-2/h15-20,27-28H,5-14H2,1-4H3. The van der Waals surface area contributed by atoms with Gasteiger partial charge in [0.05, 0.1) is 0 Å². The Hall–Kier alpha value is -0.560. The van der Waals surface area contributed by atoms with Crippen LogP contribution in [0.2, 0.25) is 0 Å². The van der Waals surface area contributed by atoms with Gasteiger partial charge in [-0.2, -0.15) is 0 Å². The van der Waals surface area contributed by atoms with Crippen LogP contribution in [0.25, 0.3) is 0 Å². The molecule has 0 saturated heterocycles. The van der Waals surface area contributed by atoms with Crippen LogP contribution in [0.4, 0.5) is 0 Å². The molecular weight excluding hydrogens is 519 g/mol. The normalized spacial score (nSPS) is 15.0. The van der Waals surface area contributed by atoms with Crippen LogP contribution in [0.15, 0.2) is 46.2 Å². The first kappa shape index (κ1) is 30.7. The molecule has 4 unspecified atom stereocenters. The van der Waals surface area contributed by atoms with Crippen LogP contribution in [0, 0.1) is 0 Å². The second kappa shape index (κ2) is 16.3. The molecule has 0 aliphatic carbocycles. The van der Waals surface area contributed by atoms with Gasteiger partial charge in [0.15, 0.2) is 19.2 Å². The van der Waals surface area contributed by atoms with Gasteiger partial charge in [-0.15, -0.1) is 0 Å². The van der Waals surface area contributed by atoms with Gasteiger partial charge in [0.1, 0.15) is 11.5 Å². The number of halogens is 2. The van der Waals surface area contributed by atoms with E-state index in [9.17, 15) is 9.11 Å². The van der Waals surface area contributed by atoms with E-state index in [4.69, 9.17) is 27.9 Å². The number of aryl methyl sites for hydroxylation is 2. The summed E-state index contributed by atoms with van der Waals surface area (Å²) in [6.45, 7) is 8.25. The summed E-state index contributed by atoms with van der Waals surface area (Å²) in [5, 5.41) is 0. The highest BCUT2D eigenvalue weighted by atomic mass is 35.5. The Labute approximate surface area is 228 Å². The number of benzene rings is 2. The summed E-state index contributed by atoms with van der Waals surface area (Å²) in [6, 6.07) is 11.5. The minimum atomic E-state index is -1.26. The van der Waals surface area contributed by atoms with Crippen molar-refractivity contribution in [1.82, 2.24) is 0 Å². The molecule has 0 aliphatic rings. The van der Waals surface area contributed by atoms with Gasteiger partial charge in [0, 0.05) is 47.3 Å². The lowest BCUT2D eigenvalue weighted by Crippen LogP contribution is -2.15. The highest BCUT2D eigenvalue weighted by molar-refractivity contribution is 7.93. The molecule has 0 fully saturated rings. The molecule has 0 bridgehead atoms. The molecule has 2 rings (SSSR count). The van der Waals surface area contributed by atoms with Gasteiger partial charge in [-0.25, -0.2) is 0 Å². The minimum Gasteiger partial charge on any atom is -0.610 e. The third kappa shape index (κ3) is 9.36. The predicted octanol–water partition coefficient (Wildman–Crippen LogP) is 9.11. The van der Waals surface area contributed by atoms with Crippen molar-refractivity contribution in [3.05, 3.63) is 47.5 Å². The SMILES string of the molecule is CCCCCc1cc([S+]([O-])C(Cl)CC)ccc1Oc1ccc([S+]([O-])C(Cl)CC)cc1CCCCC. The van der Waals surface area contributed by atoms with Gasteiger partial charge in [-0.05, 0) is 61.1 Å². The van der Waals surface area contributed by atoms with Crippen LogP contribution in [-0.4, -0.2) is 18.5 Å². The summed E-state index contributed by atoms with van der Waals surface area (Å²) in [7, 11) is 0. The summed E-state index contributed by atoms with van der Waals surface area (Å²) in [5.74, 6) is 1.55. The average molecular weight is 560 g/mol. The topological polar surface area (TPSA) is 55.3 Å². The molecule has 0 amide bonds. The molecule has 0 radical (unpaired) electrons. The van der Waals surface area contributed by atoms with Gasteiger partial charge in [-0.1, -0.05) is 76.6 Å². The zero-order valence-corrected chi connectivity index (χ0v) is 24.6.